The van der Waals surface area contributed by atoms with Crippen LogP contribution in [-0.4, -0.2) is 86.9 Å². The zero-order valence-corrected chi connectivity index (χ0v) is 33.0. The standard InChI is InChI=1S/C45H65NO7/c1-8-9-10-11-20-39-43(5,48)23-21-36-37(49-39)22-24-44(6)41(50-36)27-38-42(53-44)34(47)28-45(7)40(51-38)26-32(4)35(52-45)19-13-16-31(3)30(2)15-12-17-33-18-14-25-46-29-33/h8-10,12,14-18,25,29,32,34-42,47-48H,1,11,13,19-24,26-28H2,2-7H3. The number of aliphatic hydroxyl groups excluding tert-OH is 1. The molecule has 1 aromatic heterocycles. The van der Waals surface area contributed by atoms with Crippen LogP contribution in [-0.2, 0) is 23.7 Å². The first kappa shape index (κ1) is 40.2. The minimum atomic E-state index is -0.923. The zero-order valence-electron chi connectivity index (χ0n) is 33.0. The highest BCUT2D eigenvalue weighted by Crippen LogP contribution is 2.49. The number of ether oxygens (including phenoxy) is 5. The molecule has 0 bridgehead atoms. The van der Waals surface area contributed by atoms with E-state index in [1.54, 1.807) is 12.3 Å². The minimum absolute atomic E-state index is 0.0741. The van der Waals surface area contributed by atoms with Crippen molar-refractivity contribution in [2.45, 2.75) is 184 Å². The van der Waals surface area contributed by atoms with Gasteiger partial charge in [-0.05, 0) is 116 Å². The molecule has 5 aliphatic rings. The van der Waals surface area contributed by atoms with Crippen LogP contribution >= 0.6 is 0 Å². The molecule has 5 fully saturated rings. The van der Waals surface area contributed by atoms with Gasteiger partial charge in [-0.25, -0.2) is 0 Å². The molecule has 0 aromatic carbocycles. The van der Waals surface area contributed by atoms with Crippen molar-refractivity contribution in [3.05, 3.63) is 84.3 Å². The van der Waals surface area contributed by atoms with Gasteiger partial charge in [0.2, 0.25) is 0 Å². The monoisotopic (exact) mass is 731 g/mol. The number of nitrogens with zero attached hydrogens (tertiary/aromatic N) is 1. The van der Waals surface area contributed by atoms with Crippen LogP contribution in [0, 0.1) is 5.92 Å². The molecule has 13 unspecified atom stereocenters. The molecular weight excluding hydrogens is 666 g/mol. The van der Waals surface area contributed by atoms with Gasteiger partial charge in [-0.2, -0.15) is 0 Å². The Bertz CT molecular complexity index is 1500. The molecule has 5 saturated heterocycles. The number of pyridine rings is 1. The third kappa shape index (κ3) is 9.52. The van der Waals surface area contributed by atoms with Gasteiger partial charge in [-0.3, -0.25) is 4.98 Å². The van der Waals surface area contributed by atoms with E-state index >= 15 is 0 Å². The molecule has 292 valence electrons. The second-order valence-corrected chi connectivity index (χ2v) is 17.2. The van der Waals surface area contributed by atoms with Crippen molar-refractivity contribution in [2.75, 3.05) is 0 Å². The fourth-order valence-electron chi connectivity index (χ4n) is 9.31. The molecule has 0 spiro atoms. The first-order valence-electron chi connectivity index (χ1n) is 20.2. The quantitative estimate of drug-likeness (QED) is 0.232. The molecule has 8 nitrogen and oxygen atoms in total. The first-order chi connectivity index (χ1) is 25.3. The number of aromatic nitrogens is 1. The molecule has 0 amide bonds. The van der Waals surface area contributed by atoms with Crippen LogP contribution in [0.4, 0.5) is 0 Å². The van der Waals surface area contributed by atoms with Crippen LogP contribution in [0.5, 0.6) is 0 Å². The Morgan fingerprint density at radius 3 is 2.45 bits per heavy atom. The molecule has 2 N–H and O–H groups in total. The summed E-state index contributed by atoms with van der Waals surface area (Å²) in [6.07, 6.45) is 24.0. The van der Waals surface area contributed by atoms with E-state index in [9.17, 15) is 10.2 Å². The summed E-state index contributed by atoms with van der Waals surface area (Å²) in [6.45, 7) is 16.5. The van der Waals surface area contributed by atoms with Crippen LogP contribution in [0.2, 0.25) is 0 Å². The summed E-state index contributed by atoms with van der Waals surface area (Å²) in [5.74, 6) is 0.315. The lowest BCUT2D eigenvalue weighted by Crippen LogP contribution is -2.59. The third-order valence-corrected chi connectivity index (χ3v) is 12.9. The van der Waals surface area contributed by atoms with E-state index in [0.29, 0.717) is 25.2 Å². The molecule has 6 heterocycles. The normalized spacial score (nSPS) is 42.5. The van der Waals surface area contributed by atoms with Crippen molar-refractivity contribution in [3.8, 4) is 0 Å². The van der Waals surface area contributed by atoms with E-state index in [4.69, 9.17) is 23.7 Å². The molecule has 0 radical (unpaired) electrons. The van der Waals surface area contributed by atoms with Crippen molar-refractivity contribution < 1.29 is 33.9 Å². The summed E-state index contributed by atoms with van der Waals surface area (Å²) in [5.41, 5.74) is 1.46. The van der Waals surface area contributed by atoms with Gasteiger partial charge in [0, 0.05) is 25.2 Å². The summed E-state index contributed by atoms with van der Waals surface area (Å²) in [5, 5.41) is 23.2. The Hall–Kier alpha value is -2.43. The maximum atomic E-state index is 11.8. The average Bonchev–Trinajstić information content (AvgIpc) is 3.38. The maximum Gasteiger partial charge on any atom is 0.111 e. The van der Waals surface area contributed by atoms with E-state index in [1.807, 2.05) is 31.3 Å². The molecule has 1 aromatic rings. The van der Waals surface area contributed by atoms with Gasteiger partial charge < -0.3 is 33.9 Å². The van der Waals surface area contributed by atoms with Gasteiger partial charge in [0.1, 0.15) is 6.10 Å². The van der Waals surface area contributed by atoms with E-state index in [1.165, 1.54) is 11.1 Å². The Morgan fingerprint density at radius 2 is 1.68 bits per heavy atom. The lowest BCUT2D eigenvalue weighted by molar-refractivity contribution is -0.273. The van der Waals surface area contributed by atoms with Gasteiger partial charge in [0.05, 0.1) is 65.6 Å². The topological polar surface area (TPSA) is 99.5 Å². The first-order valence-corrected chi connectivity index (χ1v) is 20.2. The van der Waals surface area contributed by atoms with Crippen molar-refractivity contribution in [1.29, 1.82) is 0 Å². The number of fused-ring (bicyclic) bond motifs is 4. The summed E-state index contributed by atoms with van der Waals surface area (Å²) in [4.78, 5) is 4.18. The second-order valence-electron chi connectivity index (χ2n) is 17.2. The largest absolute Gasteiger partial charge is 0.390 e. The number of hydrogen-bond donors (Lipinski definition) is 2. The smallest absolute Gasteiger partial charge is 0.111 e. The third-order valence-electron chi connectivity index (χ3n) is 12.9. The van der Waals surface area contributed by atoms with Crippen molar-refractivity contribution in [1.82, 2.24) is 4.98 Å². The van der Waals surface area contributed by atoms with E-state index < -0.39 is 29.0 Å². The summed E-state index contributed by atoms with van der Waals surface area (Å²) in [7, 11) is 0. The molecule has 0 aliphatic carbocycles. The SMILES string of the molecule is C=CC=CCCC1OC2CCC3(C)OC4C(O)CC5(C)OC(CCC=C(C)C(C)=CC=Cc6cccnc6)C(C)CC5OC4CC3OC2CCC1(C)O. The van der Waals surface area contributed by atoms with Crippen molar-refractivity contribution >= 4 is 6.08 Å². The number of aliphatic hydroxyl groups is 2. The molecule has 8 heteroatoms. The number of hydrogen-bond acceptors (Lipinski definition) is 8. The molecule has 5 aliphatic heterocycles. The van der Waals surface area contributed by atoms with Gasteiger partial charge in [0.15, 0.2) is 0 Å². The number of allylic oxidation sites excluding steroid dienone is 8. The van der Waals surface area contributed by atoms with Crippen LogP contribution in [0.25, 0.3) is 6.08 Å². The van der Waals surface area contributed by atoms with E-state index in [0.717, 1.165) is 56.9 Å². The van der Waals surface area contributed by atoms with Crippen LogP contribution in [0.15, 0.2) is 78.7 Å². The molecule has 13 atom stereocenters. The lowest BCUT2D eigenvalue weighted by atomic mass is 9.79. The predicted octanol–water partition coefficient (Wildman–Crippen LogP) is 8.39. The van der Waals surface area contributed by atoms with Crippen LogP contribution in [0.3, 0.4) is 0 Å². The van der Waals surface area contributed by atoms with Gasteiger partial charge in [-0.15, -0.1) is 0 Å². The van der Waals surface area contributed by atoms with Gasteiger partial charge in [0.25, 0.3) is 0 Å². The molecule has 53 heavy (non-hydrogen) atoms. The molecule has 6 rings (SSSR count). The summed E-state index contributed by atoms with van der Waals surface area (Å²) in [6, 6.07) is 3.99. The Kier molecular flexibility index (Phi) is 13.0. The van der Waals surface area contributed by atoms with Crippen molar-refractivity contribution in [2.24, 2.45) is 5.92 Å². The van der Waals surface area contributed by atoms with Gasteiger partial charge >= 0.3 is 0 Å². The van der Waals surface area contributed by atoms with E-state index in [-0.39, 0.29) is 42.7 Å². The summed E-state index contributed by atoms with van der Waals surface area (Å²) >= 11 is 0. The highest BCUT2D eigenvalue weighted by molar-refractivity contribution is 5.50. The second kappa shape index (κ2) is 17.2. The lowest BCUT2D eigenvalue weighted by Gasteiger charge is -2.49. The fourth-order valence-corrected chi connectivity index (χ4v) is 9.31. The fraction of sp³-hybridized carbons (Fsp3) is 0.667. The Labute approximate surface area is 318 Å². The average molecular weight is 732 g/mol. The van der Waals surface area contributed by atoms with Crippen molar-refractivity contribution in [3.63, 3.8) is 0 Å². The molecular formula is C45H65NO7. The number of rotatable bonds is 10. The van der Waals surface area contributed by atoms with Crippen LogP contribution < -0.4 is 0 Å². The summed E-state index contributed by atoms with van der Waals surface area (Å²) < 4.78 is 34.5. The predicted molar refractivity (Wildman–Crippen MR) is 209 cm³/mol. The minimum Gasteiger partial charge on any atom is -0.390 e. The highest BCUT2D eigenvalue weighted by atomic mass is 16.6. The zero-order chi connectivity index (χ0) is 37.8. The highest BCUT2D eigenvalue weighted by Gasteiger charge is 2.58. The Morgan fingerprint density at radius 1 is 0.925 bits per heavy atom. The van der Waals surface area contributed by atoms with E-state index in [2.05, 4.69) is 76.6 Å². The van der Waals surface area contributed by atoms with Gasteiger partial charge in [-0.1, -0.05) is 67.7 Å². The van der Waals surface area contributed by atoms with Crippen LogP contribution in [0.1, 0.15) is 118 Å². The maximum absolute atomic E-state index is 11.8. The Balaban J connectivity index is 1.08. The molecule has 0 saturated carbocycles.